The number of phenols is 1. The van der Waals surface area contributed by atoms with Gasteiger partial charge in [-0.05, 0) is 61.4 Å². The minimum atomic E-state index is -0.107. The van der Waals surface area contributed by atoms with Crippen LogP contribution in [0.4, 0.5) is 0 Å². The summed E-state index contributed by atoms with van der Waals surface area (Å²) in [7, 11) is 0. The van der Waals surface area contributed by atoms with E-state index in [1.165, 1.54) is 44.1 Å². The summed E-state index contributed by atoms with van der Waals surface area (Å²) < 4.78 is 1.79. The minimum absolute atomic E-state index is 0.0737. The normalized spacial score (nSPS) is 17.9. The topological polar surface area (TPSA) is 95.7 Å². The number of fused-ring (bicyclic) bond motifs is 1. The van der Waals surface area contributed by atoms with E-state index in [0.29, 0.717) is 36.0 Å². The van der Waals surface area contributed by atoms with Crippen molar-refractivity contribution in [2.75, 3.05) is 13.1 Å². The number of carbonyl (C=O) groups excluding carboxylic acids is 2. The maximum absolute atomic E-state index is 13.0. The van der Waals surface area contributed by atoms with Gasteiger partial charge in [-0.1, -0.05) is 56.7 Å². The molecule has 0 bridgehead atoms. The zero-order valence-electron chi connectivity index (χ0n) is 21.5. The summed E-state index contributed by atoms with van der Waals surface area (Å²) in [6.07, 6.45) is 13.7. The Morgan fingerprint density at radius 3 is 2.43 bits per heavy atom. The fourth-order valence-electron chi connectivity index (χ4n) is 6.16. The molecule has 3 aromatic rings. The van der Waals surface area contributed by atoms with Gasteiger partial charge in [-0.15, -0.1) is 0 Å². The number of amides is 2. The molecule has 0 saturated heterocycles. The lowest BCUT2D eigenvalue weighted by molar-refractivity contribution is -0.120. The molecule has 0 unspecified atom stereocenters. The first-order valence-electron chi connectivity index (χ1n) is 13.8. The summed E-state index contributed by atoms with van der Waals surface area (Å²) in [5.41, 5.74) is 2.92. The molecule has 5 rings (SSSR count). The van der Waals surface area contributed by atoms with Crippen LogP contribution < -0.4 is 10.6 Å². The third-order valence-electron chi connectivity index (χ3n) is 8.31. The fourth-order valence-corrected chi connectivity index (χ4v) is 6.16. The number of aromatic nitrogens is 2. The Morgan fingerprint density at radius 1 is 0.946 bits per heavy atom. The summed E-state index contributed by atoms with van der Waals surface area (Å²) in [4.78, 5) is 30.5. The van der Waals surface area contributed by atoms with E-state index in [-0.39, 0.29) is 29.4 Å². The highest BCUT2D eigenvalue weighted by Gasteiger charge is 2.34. The van der Waals surface area contributed by atoms with Crippen molar-refractivity contribution >= 4 is 17.5 Å². The quantitative estimate of drug-likeness (QED) is 0.408. The predicted molar refractivity (Wildman–Crippen MR) is 144 cm³/mol. The highest BCUT2D eigenvalue weighted by atomic mass is 16.3. The number of aromatic hydroxyl groups is 1. The molecule has 2 heterocycles. The number of hydrogen-bond donors (Lipinski definition) is 3. The van der Waals surface area contributed by atoms with E-state index < -0.39 is 0 Å². The molecule has 7 nitrogen and oxygen atoms in total. The van der Waals surface area contributed by atoms with Crippen LogP contribution in [0.15, 0.2) is 48.7 Å². The highest BCUT2D eigenvalue weighted by molar-refractivity contribution is 5.93. The fraction of sp³-hybridized carbons (Fsp3) is 0.500. The van der Waals surface area contributed by atoms with E-state index >= 15 is 0 Å². The first-order chi connectivity index (χ1) is 18.0. The van der Waals surface area contributed by atoms with Gasteiger partial charge < -0.3 is 15.7 Å². The molecule has 37 heavy (non-hydrogen) atoms. The van der Waals surface area contributed by atoms with Crippen LogP contribution in [0.1, 0.15) is 86.0 Å². The number of phenolic OH excluding ortho intramolecular Hbond substituents is 1. The van der Waals surface area contributed by atoms with Crippen LogP contribution >= 0.6 is 0 Å². The van der Waals surface area contributed by atoms with E-state index in [2.05, 4.69) is 15.6 Å². The Labute approximate surface area is 218 Å². The smallest absolute Gasteiger partial charge is 0.268 e. The van der Waals surface area contributed by atoms with Gasteiger partial charge in [0.2, 0.25) is 5.91 Å². The van der Waals surface area contributed by atoms with Gasteiger partial charge in [0.25, 0.3) is 5.91 Å². The lowest BCUT2D eigenvalue weighted by atomic mass is 9.69. The largest absolute Gasteiger partial charge is 0.508 e. The number of nitrogens with one attached hydrogen (secondary N) is 2. The second kappa shape index (κ2) is 11.4. The standard InChI is InChI=1S/C30H38N4O3/c35-25-14-12-23(13-15-25)30(16-5-2-6-17-30)21-32-28(36)18-24-20-34-26(10-7-11-27(34)33-24)29(37)31-19-22-8-3-1-4-9-22/h7,10-15,20,22,35H,1-6,8-9,16-19,21H2,(H,31,37)(H,32,36). The van der Waals surface area contributed by atoms with Crippen molar-refractivity contribution in [3.05, 3.63) is 65.6 Å². The van der Waals surface area contributed by atoms with Crippen LogP contribution in [0.3, 0.4) is 0 Å². The maximum Gasteiger partial charge on any atom is 0.268 e. The first-order valence-corrected chi connectivity index (χ1v) is 13.8. The van der Waals surface area contributed by atoms with Gasteiger partial charge in [-0.3, -0.25) is 14.0 Å². The monoisotopic (exact) mass is 502 g/mol. The number of nitrogens with zero attached hydrogens (tertiary/aromatic N) is 2. The Morgan fingerprint density at radius 2 is 1.68 bits per heavy atom. The average molecular weight is 503 g/mol. The van der Waals surface area contributed by atoms with Gasteiger partial charge in [0.1, 0.15) is 17.1 Å². The second-order valence-corrected chi connectivity index (χ2v) is 10.9. The van der Waals surface area contributed by atoms with Gasteiger partial charge in [-0.2, -0.15) is 0 Å². The van der Waals surface area contributed by atoms with Gasteiger partial charge in [0.15, 0.2) is 0 Å². The third kappa shape index (κ3) is 5.97. The summed E-state index contributed by atoms with van der Waals surface area (Å²) in [6.45, 7) is 1.28. The number of hydrogen-bond acceptors (Lipinski definition) is 4. The summed E-state index contributed by atoms with van der Waals surface area (Å²) in [5, 5.41) is 16.0. The molecular formula is C30H38N4O3. The van der Waals surface area contributed by atoms with Crippen LogP contribution in [0, 0.1) is 5.92 Å². The Kier molecular flexibility index (Phi) is 7.77. The van der Waals surface area contributed by atoms with Crippen molar-refractivity contribution in [2.24, 2.45) is 5.92 Å². The number of pyridine rings is 1. The SMILES string of the molecule is O=C(Cc1cn2c(C(=O)NCC3CCCCC3)cccc2n1)NCC1(c2ccc(O)cc2)CCCCC1. The van der Waals surface area contributed by atoms with E-state index in [0.717, 1.165) is 25.7 Å². The van der Waals surface area contributed by atoms with E-state index in [4.69, 9.17) is 0 Å². The molecular weight excluding hydrogens is 464 g/mol. The Balaban J connectivity index is 1.23. The molecule has 2 aromatic heterocycles. The first kappa shape index (κ1) is 25.3. The second-order valence-electron chi connectivity index (χ2n) is 10.9. The van der Waals surface area contributed by atoms with Crippen molar-refractivity contribution in [1.29, 1.82) is 0 Å². The van der Waals surface area contributed by atoms with Gasteiger partial charge in [0, 0.05) is 24.7 Å². The Bertz CT molecular complexity index is 1220. The van der Waals surface area contributed by atoms with Crippen molar-refractivity contribution < 1.29 is 14.7 Å². The lowest BCUT2D eigenvalue weighted by Gasteiger charge is -2.38. The third-order valence-corrected chi connectivity index (χ3v) is 8.31. The van der Waals surface area contributed by atoms with Crippen LogP contribution in [0.2, 0.25) is 0 Å². The van der Waals surface area contributed by atoms with Crippen LogP contribution in [-0.2, 0) is 16.6 Å². The van der Waals surface area contributed by atoms with Gasteiger partial charge >= 0.3 is 0 Å². The molecule has 2 aliphatic rings. The molecule has 1 aromatic carbocycles. The van der Waals surface area contributed by atoms with E-state index in [9.17, 15) is 14.7 Å². The maximum atomic E-state index is 13.0. The van der Waals surface area contributed by atoms with Crippen LogP contribution in [0.25, 0.3) is 5.65 Å². The molecule has 2 fully saturated rings. The lowest BCUT2D eigenvalue weighted by Crippen LogP contribution is -2.42. The summed E-state index contributed by atoms with van der Waals surface area (Å²) >= 11 is 0. The van der Waals surface area contributed by atoms with Crippen molar-refractivity contribution in [2.45, 2.75) is 76.0 Å². The Hall–Kier alpha value is -3.35. The molecule has 0 atom stereocenters. The van der Waals surface area contributed by atoms with E-state index in [1.807, 2.05) is 24.3 Å². The summed E-state index contributed by atoms with van der Waals surface area (Å²) in [6, 6.07) is 12.9. The van der Waals surface area contributed by atoms with Crippen molar-refractivity contribution in [3.8, 4) is 5.75 Å². The molecule has 2 amide bonds. The van der Waals surface area contributed by atoms with Crippen LogP contribution in [0.5, 0.6) is 5.75 Å². The predicted octanol–water partition coefficient (Wildman–Crippen LogP) is 4.91. The molecule has 0 radical (unpaired) electrons. The number of benzene rings is 1. The van der Waals surface area contributed by atoms with Crippen molar-refractivity contribution in [1.82, 2.24) is 20.0 Å². The van der Waals surface area contributed by atoms with Crippen LogP contribution in [-0.4, -0.2) is 39.4 Å². The molecule has 0 spiro atoms. The molecule has 7 heteroatoms. The zero-order valence-corrected chi connectivity index (χ0v) is 21.5. The summed E-state index contributed by atoms with van der Waals surface area (Å²) in [5.74, 6) is 0.647. The van der Waals surface area contributed by atoms with Crippen molar-refractivity contribution in [3.63, 3.8) is 0 Å². The number of carbonyl (C=O) groups is 2. The molecule has 2 saturated carbocycles. The van der Waals surface area contributed by atoms with Gasteiger partial charge in [0.05, 0.1) is 12.1 Å². The highest BCUT2D eigenvalue weighted by Crippen LogP contribution is 2.39. The molecule has 0 aliphatic heterocycles. The van der Waals surface area contributed by atoms with Gasteiger partial charge in [-0.25, -0.2) is 4.98 Å². The molecule has 196 valence electrons. The molecule has 3 N–H and O–H groups in total. The molecule has 2 aliphatic carbocycles. The number of rotatable bonds is 8. The average Bonchev–Trinajstić information content (AvgIpc) is 3.34. The zero-order chi connectivity index (χ0) is 25.7. The van der Waals surface area contributed by atoms with E-state index in [1.54, 1.807) is 28.8 Å². The number of imidazole rings is 1. The minimum Gasteiger partial charge on any atom is -0.508 e.